The maximum absolute atomic E-state index is 5.38. The zero-order chi connectivity index (χ0) is 16.3. The van der Waals surface area contributed by atoms with Crippen LogP contribution in [-0.2, 0) is 16.7 Å². The lowest BCUT2D eigenvalue weighted by atomic mass is 9.96. The number of pyridine rings is 1. The van der Waals surface area contributed by atoms with E-state index in [1.54, 1.807) is 11.3 Å². The van der Waals surface area contributed by atoms with Gasteiger partial charge in [-0.05, 0) is 17.5 Å². The second-order valence-corrected chi connectivity index (χ2v) is 7.84. The van der Waals surface area contributed by atoms with Crippen LogP contribution >= 0.6 is 11.3 Å². The Morgan fingerprint density at radius 2 is 1.96 bits per heavy atom. The summed E-state index contributed by atoms with van der Waals surface area (Å²) < 4.78 is 5.38. The second-order valence-electron chi connectivity index (χ2n) is 6.72. The first-order valence-electron chi connectivity index (χ1n) is 8.00. The molecule has 124 valence electrons. The molecular formula is C17H24N4OS. The van der Waals surface area contributed by atoms with Gasteiger partial charge in [0.05, 0.1) is 31.6 Å². The third-order valence-electron chi connectivity index (χ3n) is 3.84. The van der Waals surface area contributed by atoms with E-state index in [2.05, 4.69) is 47.0 Å². The molecular weight excluding hydrogens is 308 g/mol. The number of nitrogens with zero attached hydrogens (tertiary/aromatic N) is 3. The van der Waals surface area contributed by atoms with Gasteiger partial charge in [-0.15, -0.1) is 11.3 Å². The fourth-order valence-electron chi connectivity index (χ4n) is 2.40. The Morgan fingerprint density at radius 3 is 2.57 bits per heavy atom. The van der Waals surface area contributed by atoms with E-state index in [0.717, 1.165) is 42.8 Å². The number of hydrogen-bond acceptors (Lipinski definition) is 6. The van der Waals surface area contributed by atoms with Crippen LogP contribution in [0, 0.1) is 0 Å². The lowest BCUT2D eigenvalue weighted by Gasteiger charge is -2.28. The van der Waals surface area contributed by atoms with E-state index in [1.807, 2.05) is 18.5 Å². The molecule has 0 amide bonds. The van der Waals surface area contributed by atoms with Crippen molar-refractivity contribution in [2.75, 3.05) is 36.5 Å². The van der Waals surface area contributed by atoms with Crippen LogP contribution in [0.15, 0.2) is 24.5 Å². The Kier molecular flexibility index (Phi) is 4.82. The van der Waals surface area contributed by atoms with Gasteiger partial charge in [-0.1, -0.05) is 20.8 Å². The number of nitrogens with one attached hydrogen (secondary N) is 1. The molecule has 0 atom stereocenters. The van der Waals surface area contributed by atoms with Gasteiger partial charge in [0.15, 0.2) is 0 Å². The lowest BCUT2D eigenvalue weighted by Crippen LogP contribution is -2.36. The average molecular weight is 332 g/mol. The molecule has 2 aromatic rings. The first kappa shape index (κ1) is 16.2. The fraction of sp³-hybridized carbons (Fsp3) is 0.529. The molecule has 0 aromatic carbocycles. The molecule has 2 aromatic heterocycles. The minimum Gasteiger partial charge on any atom is -0.378 e. The van der Waals surface area contributed by atoms with Gasteiger partial charge >= 0.3 is 0 Å². The van der Waals surface area contributed by atoms with Crippen molar-refractivity contribution in [1.82, 2.24) is 9.97 Å². The summed E-state index contributed by atoms with van der Waals surface area (Å²) in [6.45, 7) is 10.8. The van der Waals surface area contributed by atoms with E-state index in [9.17, 15) is 0 Å². The molecule has 0 bridgehead atoms. The van der Waals surface area contributed by atoms with Gasteiger partial charge in [-0.25, -0.2) is 9.97 Å². The highest BCUT2D eigenvalue weighted by Crippen LogP contribution is 2.28. The minimum atomic E-state index is 0.161. The van der Waals surface area contributed by atoms with Gasteiger partial charge in [-0.2, -0.15) is 0 Å². The SMILES string of the molecule is CC(C)(C)c1cnc(CNc2ccc(N3CCOCC3)cn2)s1. The largest absolute Gasteiger partial charge is 0.378 e. The highest BCUT2D eigenvalue weighted by molar-refractivity contribution is 7.11. The van der Waals surface area contributed by atoms with Crippen molar-refractivity contribution in [2.45, 2.75) is 32.7 Å². The van der Waals surface area contributed by atoms with Gasteiger partial charge in [0.25, 0.3) is 0 Å². The van der Waals surface area contributed by atoms with E-state index < -0.39 is 0 Å². The Morgan fingerprint density at radius 1 is 1.17 bits per heavy atom. The summed E-state index contributed by atoms with van der Waals surface area (Å²) in [5.74, 6) is 0.884. The number of aromatic nitrogens is 2. The summed E-state index contributed by atoms with van der Waals surface area (Å²) in [6, 6.07) is 4.14. The van der Waals surface area contributed by atoms with E-state index in [-0.39, 0.29) is 5.41 Å². The fourth-order valence-corrected chi connectivity index (χ4v) is 3.32. The molecule has 0 unspecified atom stereocenters. The van der Waals surface area contributed by atoms with Crippen LogP contribution in [-0.4, -0.2) is 36.3 Å². The number of anilines is 2. The molecule has 0 spiro atoms. The van der Waals surface area contributed by atoms with E-state index in [1.165, 1.54) is 4.88 Å². The highest BCUT2D eigenvalue weighted by Gasteiger charge is 2.17. The van der Waals surface area contributed by atoms with Crippen molar-refractivity contribution in [3.8, 4) is 0 Å². The average Bonchev–Trinajstić information content (AvgIpc) is 3.04. The molecule has 1 aliphatic heterocycles. The molecule has 5 nitrogen and oxygen atoms in total. The molecule has 0 radical (unpaired) electrons. The summed E-state index contributed by atoms with van der Waals surface area (Å²) >= 11 is 1.76. The quantitative estimate of drug-likeness (QED) is 0.931. The van der Waals surface area contributed by atoms with Crippen molar-refractivity contribution >= 4 is 22.8 Å². The summed E-state index contributed by atoms with van der Waals surface area (Å²) in [5, 5.41) is 4.44. The Balaban J connectivity index is 1.57. The van der Waals surface area contributed by atoms with Crippen LogP contribution in [0.3, 0.4) is 0 Å². The molecule has 23 heavy (non-hydrogen) atoms. The number of rotatable bonds is 4. The van der Waals surface area contributed by atoms with Crippen LogP contribution in [0.2, 0.25) is 0 Å². The Hall–Kier alpha value is -1.66. The first-order chi connectivity index (χ1) is 11.0. The van der Waals surface area contributed by atoms with Crippen molar-refractivity contribution in [3.05, 3.63) is 34.4 Å². The van der Waals surface area contributed by atoms with E-state index in [4.69, 9.17) is 4.74 Å². The minimum absolute atomic E-state index is 0.161. The molecule has 0 saturated carbocycles. The van der Waals surface area contributed by atoms with E-state index in [0.29, 0.717) is 6.54 Å². The van der Waals surface area contributed by atoms with Crippen molar-refractivity contribution in [2.24, 2.45) is 0 Å². The molecule has 6 heteroatoms. The van der Waals surface area contributed by atoms with Crippen molar-refractivity contribution in [1.29, 1.82) is 0 Å². The van der Waals surface area contributed by atoms with Crippen LogP contribution in [0.4, 0.5) is 11.5 Å². The normalized spacial score (nSPS) is 15.7. The zero-order valence-corrected chi connectivity index (χ0v) is 14.8. The van der Waals surface area contributed by atoms with E-state index >= 15 is 0 Å². The van der Waals surface area contributed by atoms with Gasteiger partial charge in [0.1, 0.15) is 10.8 Å². The van der Waals surface area contributed by atoms with Gasteiger partial charge in [-0.3, -0.25) is 0 Å². The molecule has 1 saturated heterocycles. The van der Waals surface area contributed by atoms with Crippen LogP contribution in [0.1, 0.15) is 30.7 Å². The molecule has 1 aliphatic rings. The van der Waals surface area contributed by atoms with Gasteiger partial charge < -0.3 is 15.0 Å². The lowest BCUT2D eigenvalue weighted by molar-refractivity contribution is 0.122. The number of thiazole rings is 1. The molecule has 0 aliphatic carbocycles. The number of morpholine rings is 1. The summed E-state index contributed by atoms with van der Waals surface area (Å²) in [7, 11) is 0. The highest BCUT2D eigenvalue weighted by atomic mass is 32.1. The predicted molar refractivity (Wildman–Crippen MR) is 95.4 cm³/mol. The topological polar surface area (TPSA) is 50.3 Å². The van der Waals surface area contributed by atoms with Crippen molar-refractivity contribution < 1.29 is 4.74 Å². The van der Waals surface area contributed by atoms with Crippen LogP contribution in [0.5, 0.6) is 0 Å². The van der Waals surface area contributed by atoms with Crippen LogP contribution in [0.25, 0.3) is 0 Å². The molecule has 3 rings (SSSR count). The third kappa shape index (κ3) is 4.20. The second kappa shape index (κ2) is 6.84. The summed E-state index contributed by atoms with van der Waals surface area (Å²) in [5.41, 5.74) is 1.32. The molecule has 1 N–H and O–H groups in total. The molecule has 1 fully saturated rings. The smallest absolute Gasteiger partial charge is 0.126 e. The molecule has 3 heterocycles. The monoisotopic (exact) mass is 332 g/mol. The Labute approximate surface area is 141 Å². The number of ether oxygens (including phenoxy) is 1. The third-order valence-corrected chi connectivity index (χ3v) is 5.26. The maximum atomic E-state index is 5.38. The maximum Gasteiger partial charge on any atom is 0.126 e. The predicted octanol–water partition coefficient (Wildman–Crippen LogP) is 3.28. The van der Waals surface area contributed by atoms with Gasteiger partial charge in [0, 0.05) is 24.2 Å². The van der Waals surface area contributed by atoms with Crippen LogP contribution < -0.4 is 10.2 Å². The first-order valence-corrected chi connectivity index (χ1v) is 8.82. The zero-order valence-electron chi connectivity index (χ0n) is 14.0. The Bertz CT molecular complexity index is 627. The summed E-state index contributed by atoms with van der Waals surface area (Å²) in [4.78, 5) is 12.6. The summed E-state index contributed by atoms with van der Waals surface area (Å²) in [6.07, 6.45) is 3.91. The standard InChI is InChI=1S/C17H24N4OS/c1-17(2,3)14-11-20-16(23-14)12-19-15-5-4-13(10-18-15)21-6-8-22-9-7-21/h4-5,10-11H,6-9,12H2,1-3H3,(H,18,19). The number of hydrogen-bond donors (Lipinski definition) is 1. The van der Waals surface area contributed by atoms with Gasteiger partial charge in [0.2, 0.25) is 0 Å². The van der Waals surface area contributed by atoms with Crippen molar-refractivity contribution in [3.63, 3.8) is 0 Å².